The van der Waals surface area contributed by atoms with E-state index in [2.05, 4.69) is 34.9 Å². The number of rotatable bonds is 6. The van der Waals surface area contributed by atoms with Gasteiger partial charge in [-0.25, -0.2) is 0 Å². The number of nitrogens with one attached hydrogen (secondary N) is 2. The first-order valence-corrected chi connectivity index (χ1v) is 8.93. The maximum absolute atomic E-state index is 12.2. The highest BCUT2D eigenvalue weighted by atomic mass is 16.5. The minimum absolute atomic E-state index is 0.000576. The first-order valence-electron chi connectivity index (χ1n) is 8.93. The number of hydrogen-bond donors (Lipinski definition) is 2. The fraction of sp³-hybridized carbons (Fsp3) is 0.381. The molecule has 0 aromatic heterocycles. The molecule has 2 aromatic rings. The summed E-state index contributed by atoms with van der Waals surface area (Å²) in [5.74, 6) is 0.973. The molecule has 2 atom stereocenters. The molecule has 1 amide bonds. The predicted molar refractivity (Wildman–Crippen MR) is 101 cm³/mol. The van der Waals surface area contributed by atoms with Crippen LogP contribution in [0, 0.1) is 0 Å². The van der Waals surface area contributed by atoms with Gasteiger partial charge in [0.1, 0.15) is 5.75 Å². The minimum Gasteiger partial charge on any atom is -0.496 e. The molecule has 0 saturated carbocycles. The van der Waals surface area contributed by atoms with Gasteiger partial charge in [-0.1, -0.05) is 42.5 Å². The number of benzene rings is 2. The number of para-hydroxylation sites is 1. The van der Waals surface area contributed by atoms with E-state index in [0.717, 1.165) is 41.8 Å². The topological polar surface area (TPSA) is 50.4 Å². The van der Waals surface area contributed by atoms with Gasteiger partial charge in [0.25, 0.3) is 0 Å². The largest absolute Gasteiger partial charge is 0.496 e. The smallest absolute Gasteiger partial charge is 0.222 e. The van der Waals surface area contributed by atoms with Gasteiger partial charge in [-0.2, -0.15) is 0 Å². The van der Waals surface area contributed by atoms with Crippen LogP contribution in [0.2, 0.25) is 0 Å². The fourth-order valence-electron chi connectivity index (χ4n) is 3.37. The zero-order valence-corrected chi connectivity index (χ0v) is 14.9. The van der Waals surface area contributed by atoms with Crippen molar-refractivity contribution in [2.75, 3.05) is 13.7 Å². The Morgan fingerprint density at radius 2 is 2.00 bits per heavy atom. The zero-order chi connectivity index (χ0) is 17.6. The first kappa shape index (κ1) is 17.5. The Kier molecular flexibility index (Phi) is 5.71. The van der Waals surface area contributed by atoms with Crippen molar-refractivity contribution in [2.24, 2.45) is 0 Å². The summed E-state index contributed by atoms with van der Waals surface area (Å²) in [6.07, 6.45) is 2.82. The molecule has 0 radical (unpaired) electrons. The van der Waals surface area contributed by atoms with Gasteiger partial charge in [0.2, 0.25) is 5.91 Å². The summed E-state index contributed by atoms with van der Waals surface area (Å²) in [4.78, 5) is 12.2. The Hall–Kier alpha value is -2.33. The van der Waals surface area contributed by atoms with Crippen molar-refractivity contribution in [1.29, 1.82) is 0 Å². The molecule has 0 bridgehead atoms. The lowest BCUT2D eigenvalue weighted by Crippen LogP contribution is -2.33. The Bertz CT molecular complexity index is 706. The third-order valence-corrected chi connectivity index (χ3v) is 4.80. The van der Waals surface area contributed by atoms with Crippen molar-refractivity contribution in [3.8, 4) is 16.9 Å². The summed E-state index contributed by atoms with van der Waals surface area (Å²) >= 11 is 0. The van der Waals surface area contributed by atoms with Crippen LogP contribution in [0.25, 0.3) is 11.1 Å². The van der Waals surface area contributed by atoms with Crippen LogP contribution in [0.1, 0.15) is 37.8 Å². The molecule has 1 heterocycles. The van der Waals surface area contributed by atoms with Crippen molar-refractivity contribution in [1.82, 2.24) is 10.6 Å². The Morgan fingerprint density at radius 3 is 2.68 bits per heavy atom. The standard InChI is InChI=1S/C21H26N2O2/c1-15(23-21(24)14-18-6-5-13-22-18)16-9-11-17(12-10-16)19-7-3-4-8-20(19)25-2/h3-4,7-12,15,18,22H,5-6,13-14H2,1-2H3,(H,23,24). The van der Waals surface area contributed by atoms with E-state index in [1.54, 1.807) is 7.11 Å². The average Bonchev–Trinajstić information content (AvgIpc) is 3.14. The quantitative estimate of drug-likeness (QED) is 0.845. The van der Waals surface area contributed by atoms with Gasteiger partial charge >= 0.3 is 0 Å². The number of ether oxygens (including phenoxy) is 1. The number of amides is 1. The molecule has 25 heavy (non-hydrogen) atoms. The molecular formula is C21H26N2O2. The molecule has 0 aliphatic carbocycles. The molecule has 1 saturated heterocycles. The van der Waals surface area contributed by atoms with Crippen LogP contribution in [0.15, 0.2) is 48.5 Å². The van der Waals surface area contributed by atoms with Crippen molar-refractivity contribution in [3.63, 3.8) is 0 Å². The molecule has 3 rings (SSSR count). The number of carbonyl (C=O) groups is 1. The summed E-state index contributed by atoms with van der Waals surface area (Å²) < 4.78 is 5.43. The summed E-state index contributed by atoms with van der Waals surface area (Å²) in [7, 11) is 1.68. The molecule has 2 unspecified atom stereocenters. The van der Waals surface area contributed by atoms with Gasteiger partial charge in [-0.05, 0) is 43.5 Å². The molecule has 1 fully saturated rings. The van der Waals surface area contributed by atoms with E-state index in [4.69, 9.17) is 4.74 Å². The zero-order valence-electron chi connectivity index (χ0n) is 14.9. The normalized spacial score (nSPS) is 17.9. The third-order valence-electron chi connectivity index (χ3n) is 4.80. The van der Waals surface area contributed by atoms with Gasteiger partial charge < -0.3 is 15.4 Å². The molecule has 2 aromatic carbocycles. The van der Waals surface area contributed by atoms with E-state index in [1.165, 1.54) is 0 Å². The summed E-state index contributed by atoms with van der Waals surface area (Å²) in [5, 5.41) is 6.47. The first-order chi connectivity index (χ1) is 12.2. The molecular weight excluding hydrogens is 312 g/mol. The second-order valence-electron chi connectivity index (χ2n) is 6.61. The fourth-order valence-corrected chi connectivity index (χ4v) is 3.37. The van der Waals surface area contributed by atoms with Crippen LogP contribution in [-0.2, 0) is 4.79 Å². The molecule has 1 aliphatic rings. The molecule has 1 aliphatic heterocycles. The Labute approximate surface area is 149 Å². The number of hydrogen-bond acceptors (Lipinski definition) is 3. The minimum atomic E-state index is 0.000576. The van der Waals surface area contributed by atoms with E-state index in [1.807, 2.05) is 31.2 Å². The second kappa shape index (κ2) is 8.17. The van der Waals surface area contributed by atoms with Crippen LogP contribution in [0.5, 0.6) is 5.75 Å². The van der Waals surface area contributed by atoms with E-state index in [0.29, 0.717) is 12.5 Å². The van der Waals surface area contributed by atoms with Gasteiger partial charge in [0.05, 0.1) is 13.2 Å². The van der Waals surface area contributed by atoms with Crippen molar-refractivity contribution in [3.05, 3.63) is 54.1 Å². The lowest BCUT2D eigenvalue weighted by atomic mass is 10.0. The van der Waals surface area contributed by atoms with Crippen LogP contribution < -0.4 is 15.4 Å². The highest BCUT2D eigenvalue weighted by molar-refractivity contribution is 5.77. The Morgan fingerprint density at radius 1 is 1.24 bits per heavy atom. The van der Waals surface area contributed by atoms with E-state index in [9.17, 15) is 4.79 Å². The Balaban J connectivity index is 1.64. The van der Waals surface area contributed by atoms with Gasteiger partial charge in [0.15, 0.2) is 0 Å². The van der Waals surface area contributed by atoms with Crippen LogP contribution in [0.4, 0.5) is 0 Å². The highest BCUT2D eigenvalue weighted by Gasteiger charge is 2.19. The SMILES string of the molecule is COc1ccccc1-c1ccc(C(C)NC(=O)CC2CCCN2)cc1. The van der Waals surface area contributed by atoms with Crippen LogP contribution in [-0.4, -0.2) is 25.6 Å². The second-order valence-corrected chi connectivity index (χ2v) is 6.61. The summed E-state index contributed by atoms with van der Waals surface area (Å²) in [6, 6.07) is 16.6. The maximum Gasteiger partial charge on any atom is 0.222 e. The monoisotopic (exact) mass is 338 g/mol. The van der Waals surface area contributed by atoms with Crippen molar-refractivity contribution < 1.29 is 9.53 Å². The highest BCUT2D eigenvalue weighted by Crippen LogP contribution is 2.30. The maximum atomic E-state index is 12.2. The molecule has 4 heteroatoms. The van der Waals surface area contributed by atoms with E-state index >= 15 is 0 Å². The average molecular weight is 338 g/mol. The third kappa shape index (κ3) is 4.40. The van der Waals surface area contributed by atoms with Crippen molar-refractivity contribution in [2.45, 2.75) is 38.3 Å². The van der Waals surface area contributed by atoms with Gasteiger partial charge in [-0.15, -0.1) is 0 Å². The van der Waals surface area contributed by atoms with Gasteiger partial charge in [-0.3, -0.25) is 4.79 Å². The lowest BCUT2D eigenvalue weighted by Gasteiger charge is -2.17. The van der Waals surface area contributed by atoms with Gasteiger partial charge in [0, 0.05) is 18.0 Å². The van der Waals surface area contributed by atoms with E-state index in [-0.39, 0.29) is 11.9 Å². The van der Waals surface area contributed by atoms with Crippen LogP contribution in [0.3, 0.4) is 0 Å². The molecule has 2 N–H and O–H groups in total. The number of carbonyl (C=O) groups excluding carboxylic acids is 1. The van der Waals surface area contributed by atoms with Crippen molar-refractivity contribution >= 4 is 5.91 Å². The molecule has 0 spiro atoms. The number of methoxy groups -OCH3 is 1. The summed E-state index contributed by atoms with van der Waals surface area (Å²) in [6.45, 7) is 3.05. The molecule has 4 nitrogen and oxygen atoms in total. The van der Waals surface area contributed by atoms with E-state index < -0.39 is 0 Å². The lowest BCUT2D eigenvalue weighted by molar-refractivity contribution is -0.122. The summed E-state index contributed by atoms with van der Waals surface area (Å²) in [5.41, 5.74) is 3.28. The molecule has 132 valence electrons. The predicted octanol–water partition coefficient (Wildman–Crippen LogP) is 3.68. The van der Waals surface area contributed by atoms with Crippen LogP contribution >= 0.6 is 0 Å².